The van der Waals surface area contributed by atoms with Crippen LogP contribution in [0.5, 0.6) is 0 Å². The lowest BCUT2D eigenvalue weighted by molar-refractivity contribution is -0.384. The van der Waals surface area contributed by atoms with Gasteiger partial charge in [-0.25, -0.2) is 4.39 Å². The molecule has 0 radical (unpaired) electrons. The number of nitro benzene ring substituents is 1. The highest BCUT2D eigenvalue weighted by Gasteiger charge is 2.17. The van der Waals surface area contributed by atoms with Crippen LogP contribution < -0.4 is 5.32 Å². The highest BCUT2D eigenvalue weighted by molar-refractivity contribution is 5.63. The Kier molecular flexibility index (Phi) is 3.69. The zero-order valence-corrected chi connectivity index (χ0v) is 11.5. The Balaban J connectivity index is 2.27. The van der Waals surface area contributed by atoms with Crippen molar-refractivity contribution < 1.29 is 9.31 Å². The van der Waals surface area contributed by atoms with Crippen LogP contribution in [0, 0.1) is 29.8 Å². The molecule has 20 heavy (non-hydrogen) atoms. The van der Waals surface area contributed by atoms with Crippen LogP contribution >= 0.6 is 0 Å². The van der Waals surface area contributed by atoms with Crippen LogP contribution in [0.4, 0.5) is 15.8 Å². The molecule has 106 valence electrons. The van der Waals surface area contributed by atoms with Gasteiger partial charge in [0.1, 0.15) is 11.5 Å². The summed E-state index contributed by atoms with van der Waals surface area (Å²) in [4.78, 5) is 10.4. The molecular formula is C13H15FN4O2. The molecule has 7 heteroatoms. The van der Waals surface area contributed by atoms with Crippen LogP contribution in [0.1, 0.15) is 16.8 Å². The Hall–Kier alpha value is -2.44. The average molecular weight is 278 g/mol. The number of hydrogen-bond donors (Lipinski definition) is 1. The highest BCUT2D eigenvalue weighted by Crippen LogP contribution is 2.28. The number of aromatic nitrogens is 2. The summed E-state index contributed by atoms with van der Waals surface area (Å²) in [6, 6.07) is 2.38. The van der Waals surface area contributed by atoms with Crippen molar-refractivity contribution in [3.63, 3.8) is 0 Å². The number of nitrogens with one attached hydrogen (secondary N) is 1. The first-order valence-electron chi connectivity index (χ1n) is 6.06. The first kappa shape index (κ1) is 14.0. The van der Waals surface area contributed by atoms with Gasteiger partial charge < -0.3 is 5.32 Å². The van der Waals surface area contributed by atoms with E-state index in [1.165, 1.54) is 6.07 Å². The molecule has 0 fully saturated rings. The summed E-state index contributed by atoms with van der Waals surface area (Å²) in [6.07, 6.45) is 1.70. The Morgan fingerprint density at radius 3 is 2.70 bits per heavy atom. The Morgan fingerprint density at radius 2 is 2.15 bits per heavy atom. The topological polar surface area (TPSA) is 73.0 Å². The molecule has 0 amide bonds. The van der Waals surface area contributed by atoms with E-state index in [2.05, 4.69) is 10.4 Å². The summed E-state index contributed by atoms with van der Waals surface area (Å²) in [5.41, 5.74) is 2.30. The lowest BCUT2D eigenvalue weighted by atomic mass is 10.1. The van der Waals surface area contributed by atoms with E-state index >= 15 is 0 Å². The molecule has 1 N–H and O–H groups in total. The van der Waals surface area contributed by atoms with Gasteiger partial charge in [-0.1, -0.05) is 0 Å². The molecule has 2 aromatic rings. The van der Waals surface area contributed by atoms with Gasteiger partial charge in [-0.15, -0.1) is 0 Å². The maximum absolute atomic E-state index is 13.4. The number of nitro groups is 1. The second kappa shape index (κ2) is 5.28. The Morgan fingerprint density at radius 1 is 1.45 bits per heavy atom. The number of anilines is 1. The van der Waals surface area contributed by atoms with Crippen molar-refractivity contribution in [1.82, 2.24) is 9.78 Å². The van der Waals surface area contributed by atoms with Gasteiger partial charge in [0.05, 0.1) is 17.2 Å². The summed E-state index contributed by atoms with van der Waals surface area (Å²) in [5, 5.41) is 18.0. The van der Waals surface area contributed by atoms with E-state index in [0.29, 0.717) is 17.8 Å². The normalized spacial score (nSPS) is 10.6. The number of aryl methyl sites for hydroxylation is 2. The quantitative estimate of drug-likeness (QED) is 0.689. The molecule has 0 bridgehead atoms. The van der Waals surface area contributed by atoms with Gasteiger partial charge in [0.2, 0.25) is 0 Å². The predicted molar refractivity (Wildman–Crippen MR) is 73.1 cm³/mol. The third kappa shape index (κ3) is 2.61. The molecule has 1 heterocycles. The van der Waals surface area contributed by atoms with Crippen LogP contribution in [-0.4, -0.2) is 14.7 Å². The fourth-order valence-corrected chi connectivity index (χ4v) is 1.87. The van der Waals surface area contributed by atoms with Gasteiger partial charge in [0.25, 0.3) is 5.69 Å². The van der Waals surface area contributed by atoms with Crippen molar-refractivity contribution in [3.8, 4) is 0 Å². The van der Waals surface area contributed by atoms with Gasteiger partial charge >= 0.3 is 0 Å². The lowest BCUT2D eigenvalue weighted by Crippen LogP contribution is -2.05. The number of halogens is 1. The predicted octanol–water partition coefficient (Wildman–Crippen LogP) is 2.70. The lowest BCUT2D eigenvalue weighted by Gasteiger charge is -2.08. The second-order valence-corrected chi connectivity index (χ2v) is 4.61. The minimum atomic E-state index is -0.596. The molecule has 0 atom stereocenters. The summed E-state index contributed by atoms with van der Waals surface area (Å²) < 4.78 is 15.1. The van der Waals surface area contributed by atoms with Crippen molar-refractivity contribution in [2.45, 2.75) is 20.4 Å². The van der Waals surface area contributed by atoms with Crippen molar-refractivity contribution >= 4 is 11.4 Å². The fourth-order valence-electron chi connectivity index (χ4n) is 1.87. The molecule has 0 saturated carbocycles. The van der Waals surface area contributed by atoms with Crippen molar-refractivity contribution in [2.24, 2.45) is 7.05 Å². The maximum atomic E-state index is 13.4. The van der Waals surface area contributed by atoms with Crippen LogP contribution in [0.25, 0.3) is 0 Å². The minimum Gasteiger partial charge on any atom is -0.375 e. The first-order chi connectivity index (χ1) is 9.40. The molecule has 0 saturated heterocycles. The Bertz CT molecular complexity index is 667. The van der Waals surface area contributed by atoms with Gasteiger partial charge in [-0.3, -0.25) is 14.8 Å². The van der Waals surface area contributed by atoms with Crippen LogP contribution in [0.15, 0.2) is 18.3 Å². The molecule has 1 aromatic carbocycles. The zero-order chi connectivity index (χ0) is 14.9. The fraction of sp³-hybridized carbons (Fsp3) is 0.308. The van der Waals surface area contributed by atoms with Gasteiger partial charge in [0, 0.05) is 24.8 Å². The average Bonchev–Trinajstić information content (AvgIpc) is 2.71. The molecular weight excluding hydrogens is 263 g/mol. The molecule has 6 nitrogen and oxygen atoms in total. The van der Waals surface area contributed by atoms with E-state index in [1.54, 1.807) is 17.8 Å². The molecule has 0 spiro atoms. The zero-order valence-electron chi connectivity index (χ0n) is 11.5. The Labute approximate surface area is 115 Å². The van der Waals surface area contributed by atoms with Crippen LogP contribution in [0.3, 0.4) is 0 Å². The molecule has 0 aliphatic rings. The molecule has 1 aromatic heterocycles. The van der Waals surface area contributed by atoms with Crippen molar-refractivity contribution in [3.05, 3.63) is 51.1 Å². The summed E-state index contributed by atoms with van der Waals surface area (Å²) in [5.74, 6) is -0.584. The minimum absolute atomic E-state index is 0.269. The van der Waals surface area contributed by atoms with E-state index in [1.807, 2.05) is 14.0 Å². The third-order valence-electron chi connectivity index (χ3n) is 3.28. The van der Waals surface area contributed by atoms with E-state index in [4.69, 9.17) is 0 Å². The van der Waals surface area contributed by atoms with E-state index in [9.17, 15) is 14.5 Å². The molecule has 2 rings (SSSR count). The van der Waals surface area contributed by atoms with Crippen LogP contribution in [-0.2, 0) is 13.6 Å². The standard InChI is InChI=1S/C13H15FN4O2/c1-8-4-12(13(18(19)20)5-11(8)14)15-6-10-7-16-17(3)9(10)2/h4-5,7,15H,6H2,1-3H3. The van der Waals surface area contributed by atoms with Crippen molar-refractivity contribution in [2.75, 3.05) is 5.32 Å². The highest BCUT2D eigenvalue weighted by atomic mass is 19.1. The van der Waals surface area contributed by atoms with E-state index < -0.39 is 10.7 Å². The van der Waals surface area contributed by atoms with Crippen molar-refractivity contribution in [1.29, 1.82) is 0 Å². The SMILES string of the molecule is Cc1cc(NCc2cnn(C)c2C)c([N+](=O)[O-])cc1F. The second-order valence-electron chi connectivity index (χ2n) is 4.61. The molecule has 0 unspecified atom stereocenters. The molecule has 0 aliphatic heterocycles. The number of rotatable bonds is 4. The summed E-state index contributed by atoms with van der Waals surface area (Å²) >= 11 is 0. The van der Waals surface area contributed by atoms with Gasteiger partial charge in [0.15, 0.2) is 0 Å². The summed E-state index contributed by atoms with van der Waals surface area (Å²) in [6.45, 7) is 3.87. The number of nitrogens with zero attached hydrogens (tertiary/aromatic N) is 3. The maximum Gasteiger partial charge on any atom is 0.295 e. The van der Waals surface area contributed by atoms with E-state index in [-0.39, 0.29) is 5.69 Å². The smallest absolute Gasteiger partial charge is 0.295 e. The number of hydrogen-bond acceptors (Lipinski definition) is 4. The number of benzene rings is 1. The van der Waals surface area contributed by atoms with E-state index in [0.717, 1.165) is 17.3 Å². The first-order valence-corrected chi connectivity index (χ1v) is 6.06. The summed E-state index contributed by atoms with van der Waals surface area (Å²) in [7, 11) is 1.82. The van der Waals surface area contributed by atoms with Crippen LogP contribution in [0.2, 0.25) is 0 Å². The van der Waals surface area contributed by atoms with Gasteiger partial charge in [-0.05, 0) is 25.5 Å². The monoisotopic (exact) mass is 278 g/mol. The largest absolute Gasteiger partial charge is 0.375 e. The van der Waals surface area contributed by atoms with Gasteiger partial charge in [-0.2, -0.15) is 5.10 Å². The third-order valence-corrected chi connectivity index (χ3v) is 3.28. The molecule has 0 aliphatic carbocycles.